The van der Waals surface area contributed by atoms with E-state index in [1.54, 1.807) is 12.1 Å². The summed E-state index contributed by atoms with van der Waals surface area (Å²) in [5, 5.41) is 8.97. The standard InChI is InChI=1S/C22H40N2O2S/c1-4-6-8-10-12-14-18-24(19-15-13-11-9-7-5-2)20-16-17-22(21-23)27(3,25)26/h16-17,20H,4-15,18-19H2,1-3H3/b20-16+,22-17+. The number of allylic oxidation sites excluding steroid dienone is 3. The van der Waals surface area contributed by atoms with Crippen LogP contribution in [-0.4, -0.2) is 32.7 Å². The van der Waals surface area contributed by atoms with Gasteiger partial charge in [0.25, 0.3) is 0 Å². The molecule has 0 atom stereocenters. The van der Waals surface area contributed by atoms with Crippen molar-refractivity contribution in [3.8, 4) is 6.07 Å². The third kappa shape index (κ3) is 15.5. The van der Waals surface area contributed by atoms with Crippen molar-refractivity contribution in [1.82, 2.24) is 4.90 Å². The van der Waals surface area contributed by atoms with Crippen LogP contribution in [0, 0.1) is 11.3 Å². The van der Waals surface area contributed by atoms with Gasteiger partial charge in [0.1, 0.15) is 11.0 Å². The second-order valence-corrected chi connectivity index (χ2v) is 9.31. The maximum absolute atomic E-state index is 11.5. The predicted molar refractivity (Wildman–Crippen MR) is 116 cm³/mol. The largest absolute Gasteiger partial charge is 0.377 e. The Kier molecular flexibility index (Phi) is 16.1. The first-order chi connectivity index (χ1) is 13.0. The lowest BCUT2D eigenvalue weighted by Gasteiger charge is -2.20. The van der Waals surface area contributed by atoms with Crippen LogP contribution < -0.4 is 0 Å². The molecule has 27 heavy (non-hydrogen) atoms. The van der Waals surface area contributed by atoms with E-state index < -0.39 is 9.84 Å². The number of rotatable bonds is 17. The van der Waals surface area contributed by atoms with E-state index in [9.17, 15) is 8.42 Å². The van der Waals surface area contributed by atoms with E-state index in [2.05, 4.69) is 18.7 Å². The normalized spacial score (nSPS) is 12.4. The number of unbranched alkanes of at least 4 members (excludes halogenated alkanes) is 10. The molecular weight excluding hydrogens is 356 g/mol. The second kappa shape index (κ2) is 16.9. The zero-order chi connectivity index (χ0) is 20.4. The van der Waals surface area contributed by atoms with Crippen LogP contribution in [-0.2, 0) is 9.84 Å². The molecule has 0 saturated carbocycles. The first-order valence-electron chi connectivity index (χ1n) is 10.7. The molecular formula is C22H40N2O2S. The fourth-order valence-corrected chi connectivity index (χ4v) is 3.44. The molecule has 0 aromatic carbocycles. The van der Waals surface area contributed by atoms with E-state index in [1.807, 2.05) is 6.20 Å². The lowest BCUT2D eigenvalue weighted by atomic mass is 10.1. The Morgan fingerprint density at radius 1 is 0.852 bits per heavy atom. The summed E-state index contributed by atoms with van der Waals surface area (Å²) < 4.78 is 23.0. The second-order valence-electron chi connectivity index (χ2n) is 7.33. The molecule has 0 aliphatic heterocycles. The fraction of sp³-hybridized carbons (Fsp3) is 0.773. The highest BCUT2D eigenvalue weighted by molar-refractivity contribution is 7.94. The third-order valence-corrected chi connectivity index (χ3v) is 5.68. The van der Waals surface area contributed by atoms with Crippen molar-refractivity contribution in [1.29, 1.82) is 5.26 Å². The average Bonchev–Trinajstić information content (AvgIpc) is 2.62. The van der Waals surface area contributed by atoms with Crippen LogP contribution in [0.3, 0.4) is 0 Å². The van der Waals surface area contributed by atoms with Gasteiger partial charge in [0.15, 0.2) is 9.84 Å². The average molecular weight is 397 g/mol. The molecule has 0 radical (unpaired) electrons. The smallest absolute Gasteiger partial charge is 0.185 e. The van der Waals surface area contributed by atoms with E-state index >= 15 is 0 Å². The molecule has 5 heteroatoms. The van der Waals surface area contributed by atoms with E-state index in [0.717, 1.165) is 32.2 Å². The minimum Gasteiger partial charge on any atom is -0.377 e. The first-order valence-corrected chi connectivity index (χ1v) is 12.6. The Morgan fingerprint density at radius 3 is 1.70 bits per heavy atom. The zero-order valence-electron chi connectivity index (χ0n) is 17.8. The molecule has 0 aromatic heterocycles. The van der Waals surface area contributed by atoms with Crippen LogP contribution in [0.4, 0.5) is 0 Å². The highest BCUT2D eigenvalue weighted by Crippen LogP contribution is 2.10. The zero-order valence-corrected chi connectivity index (χ0v) is 18.6. The number of hydrogen-bond acceptors (Lipinski definition) is 4. The topological polar surface area (TPSA) is 61.2 Å². The Labute approximate surface area is 168 Å². The summed E-state index contributed by atoms with van der Waals surface area (Å²) in [6.07, 6.45) is 21.3. The molecule has 0 amide bonds. The maximum atomic E-state index is 11.5. The van der Waals surface area contributed by atoms with Gasteiger partial charge in [0, 0.05) is 19.3 Å². The molecule has 0 unspecified atom stereocenters. The molecule has 0 saturated heterocycles. The molecule has 0 rings (SSSR count). The van der Waals surface area contributed by atoms with Gasteiger partial charge < -0.3 is 4.90 Å². The van der Waals surface area contributed by atoms with Gasteiger partial charge >= 0.3 is 0 Å². The van der Waals surface area contributed by atoms with E-state index in [0.29, 0.717) is 0 Å². The molecule has 0 bridgehead atoms. The molecule has 0 N–H and O–H groups in total. The summed E-state index contributed by atoms with van der Waals surface area (Å²) in [6, 6.07) is 1.76. The minimum atomic E-state index is -3.44. The monoisotopic (exact) mass is 396 g/mol. The molecule has 0 fully saturated rings. The van der Waals surface area contributed by atoms with Gasteiger partial charge in [-0.2, -0.15) is 5.26 Å². The predicted octanol–water partition coefficient (Wildman–Crippen LogP) is 5.98. The highest BCUT2D eigenvalue weighted by Gasteiger charge is 2.08. The summed E-state index contributed by atoms with van der Waals surface area (Å²) in [5.74, 6) is 0. The molecule has 4 nitrogen and oxygen atoms in total. The SMILES string of the molecule is CCCCCCCCN(/C=C/C=C(\C#N)S(C)(=O)=O)CCCCCCCC. The van der Waals surface area contributed by atoms with Crippen LogP contribution >= 0.6 is 0 Å². The lowest BCUT2D eigenvalue weighted by Crippen LogP contribution is -2.20. The number of hydrogen-bond donors (Lipinski definition) is 0. The number of sulfone groups is 1. The Bertz CT molecular complexity index is 543. The maximum Gasteiger partial charge on any atom is 0.185 e. The van der Waals surface area contributed by atoms with Crippen molar-refractivity contribution in [2.24, 2.45) is 0 Å². The van der Waals surface area contributed by atoms with Gasteiger partial charge in [-0.05, 0) is 31.2 Å². The summed E-state index contributed by atoms with van der Waals surface area (Å²) >= 11 is 0. The van der Waals surface area contributed by atoms with Crippen molar-refractivity contribution >= 4 is 9.84 Å². The van der Waals surface area contributed by atoms with Gasteiger partial charge in [-0.1, -0.05) is 78.1 Å². The molecule has 0 aromatic rings. The van der Waals surface area contributed by atoms with E-state index in [4.69, 9.17) is 5.26 Å². The van der Waals surface area contributed by atoms with Gasteiger partial charge in [0.2, 0.25) is 0 Å². The first kappa shape index (κ1) is 25.7. The highest BCUT2D eigenvalue weighted by atomic mass is 32.2. The van der Waals surface area contributed by atoms with Crippen molar-refractivity contribution in [2.75, 3.05) is 19.3 Å². The molecule has 0 aliphatic carbocycles. The van der Waals surface area contributed by atoms with E-state index in [-0.39, 0.29) is 4.91 Å². The number of nitriles is 1. The van der Waals surface area contributed by atoms with Crippen molar-refractivity contribution in [3.63, 3.8) is 0 Å². The lowest BCUT2D eigenvalue weighted by molar-refractivity contribution is 0.349. The minimum absolute atomic E-state index is 0.183. The van der Waals surface area contributed by atoms with Crippen molar-refractivity contribution < 1.29 is 8.42 Å². The van der Waals surface area contributed by atoms with Gasteiger partial charge in [-0.15, -0.1) is 0 Å². The van der Waals surface area contributed by atoms with Crippen LogP contribution in [0.2, 0.25) is 0 Å². The van der Waals surface area contributed by atoms with Crippen LogP contribution in [0.25, 0.3) is 0 Å². The summed E-state index contributed by atoms with van der Waals surface area (Å²) in [4.78, 5) is 2.09. The fourth-order valence-electron chi connectivity index (χ4n) is 2.95. The van der Waals surface area contributed by atoms with E-state index in [1.165, 1.54) is 70.3 Å². The summed E-state index contributed by atoms with van der Waals surface area (Å²) in [6.45, 7) is 6.44. The van der Waals surface area contributed by atoms with Crippen molar-refractivity contribution in [2.45, 2.75) is 90.9 Å². The van der Waals surface area contributed by atoms with Crippen LogP contribution in [0.5, 0.6) is 0 Å². The van der Waals surface area contributed by atoms with Crippen LogP contribution in [0.1, 0.15) is 90.9 Å². The molecule has 0 aliphatic rings. The third-order valence-electron chi connectivity index (χ3n) is 4.65. The number of nitrogens with zero attached hydrogens (tertiary/aromatic N) is 2. The Hall–Kier alpha value is -1.28. The van der Waals surface area contributed by atoms with Crippen molar-refractivity contribution in [3.05, 3.63) is 23.3 Å². The van der Waals surface area contributed by atoms with Gasteiger partial charge in [-0.3, -0.25) is 0 Å². The van der Waals surface area contributed by atoms with Crippen LogP contribution in [0.15, 0.2) is 23.3 Å². The Balaban J connectivity index is 4.51. The van der Waals surface area contributed by atoms with Gasteiger partial charge in [0.05, 0.1) is 0 Å². The Morgan fingerprint density at radius 2 is 1.30 bits per heavy atom. The molecule has 0 heterocycles. The molecule has 0 spiro atoms. The summed E-state index contributed by atoms with van der Waals surface area (Å²) in [7, 11) is -3.44. The summed E-state index contributed by atoms with van der Waals surface area (Å²) in [5.41, 5.74) is 0. The quantitative estimate of drug-likeness (QED) is 0.172. The molecule has 156 valence electrons. The van der Waals surface area contributed by atoms with Gasteiger partial charge in [-0.25, -0.2) is 8.42 Å².